The molecule has 0 aliphatic carbocycles. The van der Waals surface area contributed by atoms with Crippen molar-refractivity contribution in [1.82, 2.24) is 5.32 Å². The molecule has 3 heteroatoms. The first-order chi connectivity index (χ1) is 8.36. The van der Waals surface area contributed by atoms with E-state index in [4.69, 9.17) is 0 Å². The molecule has 0 aliphatic heterocycles. The lowest BCUT2D eigenvalue weighted by atomic mass is 10.1. The molecule has 94 valence electrons. The van der Waals surface area contributed by atoms with Gasteiger partial charge in [-0.15, -0.1) is 12.4 Å². The van der Waals surface area contributed by atoms with Crippen LogP contribution < -0.4 is 5.32 Å². The fourth-order valence-corrected chi connectivity index (χ4v) is 1.64. The molecule has 0 saturated heterocycles. The molecular weight excluding hydrogens is 246 g/mol. The summed E-state index contributed by atoms with van der Waals surface area (Å²) in [4.78, 5) is 11.8. The number of Topliss-reactive ketones (excluding diaryl/α,β-unsaturated/α-hetero) is 1. The van der Waals surface area contributed by atoms with Crippen LogP contribution in [0.1, 0.15) is 15.9 Å². The molecule has 0 saturated carbocycles. The highest BCUT2D eigenvalue weighted by molar-refractivity contribution is 5.97. The van der Waals surface area contributed by atoms with Crippen molar-refractivity contribution in [2.75, 3.05) is 6.54 Å². The normalized spacial score (nSPS) is 9.56. The topological polar surface area (TPSA) is 29.1 Å². The van der Waals surface area contributed by atoms with Crippen LogP contribution in [0.2, 0.25) is 0 Å². The second-order valence-corrected chi connectivity index (χ2v) is 3.88. The van der Waals surface area contributed by atoms with Crippen molar-refractivity contribution in [2.45, 2.75) is 6.54 Å². The zero-order valence-corrected chi connectivity index (χ0v) is 10.8. The maximum absolute atomic E-state index is 11.8. The van der Waals surface area contributed by atoms with Crippen LogP contribution in [0.5, 0.6) is 0 Å². The highest BCUT2D eigenvalue weighted by atomic mass is 35.5. The van der Waals surface area contributed by atoms with Crippen molar-refractivity contribution < 1.29 is 4.79 Å². The van der Waals surface area contributed by atoms with E-state index in [1.54, 1.807) is 0 Å². The molecule has 0 heterocycles. The van der Waals surface area contributed by atoms with E-state index < -0.39 is 0 Å². The van der Waals surface area contributed by atoms with Crippen molar-refractivity contribution in [1.29, 1.82) is 0 Å². The summed E-state index contributed by atoms with van der Waals surface area (Å²) in [5.41, 5.74) is 1.95. The molecule has 0 spiro atoms. The molecule has 0 aliphatic rings. The van der Waals surface area contributed by atoms with Crippen LogP contribution in [0.25, 0.3) is 0 Å². The molecule has 0 fully saturated rings. The molecule has 0 radical (unpaired) electrons. The first-order valence-corrected chi connectivity index (χ1v) is 5.69. The van der Waals surface area contributed by atoms with Gasteiger partial charge in [-0.05, 0) is 5.56 Å². The molecule has 0 amide bonds. The SMILES string of the molecule is Cl.O=C(CNCc1ccccc1)c1ccccc1. The number of benzene rings is 2. The number of rotatable bonds is 5. The van der Waals surface area contributed by atoms with E-state index in [1.807, 2.05) is 60.7 Å². The summed E-state index contributed by atoms with van der Waals surface area (Å²) in [5.74, 6) is 0.126. The van der Waals surface area contributed by atoms with Crippen molar-refractivity contribution in [3.05, 3.63) is 71.8 Å². The molecule has 0 atom stereocenters. The van der Waals surface area contributed by atoms with E-state index in [0.717, 1.165) is 12.1 Å². The lowest BCUT2D eigenvalue weighted by Gasteiger charge is -2.04. The maximum atomic E-state index is 11.8. The van der Waals surface area contributed by atoms with E-state index in [9.17, 15) is 4.79 Å². The third-order valence-corrected chi connectivity index (χ3v) is 2.55. The Morgan fingerprint density at radius 2 is 1.44 bits per heavy atom. The van der Waals surface area contributed by atoms with Gasteiger partial charge in [0.2, 0.25) is 0 Å². The van der Waals surface area contributed by atoms with Gasteiger partial charge in [0.1, 0.15) is 0 Å². The standard InChI is InChI=1S/C15H15NO.ClH/c17-15(14-9-5-2-6-10-14)12-16-11-13-7-3-1-4-8-13;/h1-10,16H,11-12H2;1H. The largest absolute Gasteiger partial charge is 0.306 e. The van der Waals surface area contributed by atoms with Crippen LogP contribution in [0.3, 0.4) is 0 Å². The van der Waals surface area contributed by atoms with E-state index in [-0.39, 0.29) is 18.2 Å². The molecule has 2 aromatic rings. The average molecular weight is 262 g/mol. The van der Waals surface area contributed by atoms with Gasteiger partial charge in [-0.2, -0.15) is 0 Å². The number of halogens is 1. The lowest BCUT2D eigenvalue weighted by Crippen LogP contribution is -2.22. The van der Waals surface area contributed by atoms with Gasteiger partial charge < -0.3 is 5.32 Å². The summed E-state index contributed by atoms with van der Waals surface area (Å²) >= 11 is 0. The van der Waals surface area contributed by atoms with Crippen molar-refractivity contribution in [3.8, 4) is 0 Å². The van der Waals surface area contributed by atoms with E-state index >= 15 is 0 Å². The molecule has 0 bridgehead atoms. The highest BCUT2D eigenvalue weighted by Gasteiger charge is 2.03. The number of carbonyl (C=O) groups is 1. The molecule has 2 aromatic carbocycles. The third kappa shape index (κ3) is 4.32. The Bertz CT molecular complexity index is 470. The van der Waals surface area contributed by atoms with Gasteiger partial charge in [-0.1, -0.05) is 60.7 Å². The summed E-state index contributed by atoms with van der Waals surface area (Å²) in [6.45, 7) is 1.10. The fraction of sp³-hybridized carbons (Fsp3) is 0.133. The van der Waals surface area contributed by atoms with Crippen LogP contribution in [-0.4, -0.2) is 12.3 Å². The van der Waals surface area contributed by atoms with Gasteiger partial charge in [-0.3, -0.25) is 4.79 Å². The average Bonchev–Trinajstić information content (AvgIpc) is 2.41. The van der Waals surface area contributed by atoms with E-state index in [2.05, 4.69) is 5.32 Å². The monoisotopic (exact) mass is 261 g/mol. The third-order valence-electron chi connectivity index (χ3n) is 2.55. The lowest BCUT2D eigenvalue weighted by molar-refractivity contribution is 0.0991. The smallest absolute Gasteiger partial charge is 0.176 e. The molecular formula is C15H16ClNO. The van der Waals surface area contributed by atoms with Crippen molar-refractivity contribution in [2.24, 2.45) is 0 Å². The van der Waals surface area contributed by atoms with Crippen LogP contribution in [0.4, 0.5) is 0 Å². The zero-order chi connectivity index (χ0) is 11.9. The quantitative estimate of drug-likeness (QED) is 0.838. The Hall–Kier alpha value is -1.64. The molecule has 2 rings (SSSR count). The Balaban J connectivity index is 0.00000162. The molecule has 0 aromatic heterocycles. The fourth-order valence-electron chi connectivity index (χ4n) is 1.64. The molecule has 18 heavy (non-hydrogen) atoms. The number of carbonyl (C=O) groups excluding carboxylic acids is 1. The maximum Gasteiger partial charge on any atom is 0.176 e. The molecule has 1 N–H and O–H groups in total. The van der Waals surface area contributed by atoms with Gasteiger partial charge in [0, 0.05) is 12.1 Å². The van der Waals surface area contributed by atoms with Gasteiger partial charge in [-0.25, -0.2) is 0 Å². The minimum Gasteiger partial charge on any atom is -0.306 e. The number of nitrogens with one attached hydrogen (secondary N) is 1. The van der Waals surface area contributed by atoms with Crippen LogP contribution >= 0.6 is 12.4 Å². The van der Waals surface area contributed by atoms with E-state index in [0.29, 0.717) is 6.54 Å². The number of hydrogen-bond donors (Lipinski definition) is 1. The van der Waals surface area contributed by atoms with Crippen molar-refractivity contribution >= 4 is 18.2 Å². The first-order valence-electron chi connectivity index (χ1n) is 5.69. The number of ketones is 1. The van der Waals surface area contributed by atoms with Gasteiger partial charge in [0.25, 0.3) is 0 Å². The minimum absolute atomic E-state index is 0. The van der Waals surface area contributed by atoms with Crippen LogP contribution in [0.15, 0.2) is 60.7 Å². The zero-order valence-electron chi connectivity index (χ0n) is 10.0. The van der Waals surface area contributed by atoms with E-state index in [1.165, 1.54) is 5.56 Å². The second kappa shape index (κ2) is 7.64. The van der Waals surface area contributed by atoms with Crippen molar-refractivity contribution in [3.63, 3.8) is 0 Å². The second-order valence-electron chi connectivity index (χ2n) is 3.88. The highest BCUT2D eigenvalue weighted by Crippen LogP contribution is 2.00. The molecule has 2 nitrogen and oxygen atoms in total. The Morgan fingerprint density at radius 3 is 2.06 bits per heavy atom. The summed E-state index contributed by atoms with van der Waals surface area (Å²) in [6.07, 6.45) is 0. The summed E-state index contributed by atoms with van der Waals surface area (Å²) in [7, 11) is 0. The number of hydrogen-bond acceptors (Lipinski definition) is 2. The summed E-state index contributed by atoms with van der Waals surface area (Å²) < 4.78 is 0. The minimum atomic E-state index is 0. The first kappa shape index (κ1) is 14.4. The summed E-state index contributed by atoms with van der Waals surface area (Å²) in [5, 5.41) is 3.15. The molecule has 0 unspecified atom stereocenters. The Labute approximate surface area is 113 Å². The predicted octanol–water partition coefficient (Wildman–Crippen LogP) is 3.08. The van der Waals surface area contributed by atoms with Gasteiger partial charge >= 0.3 is 0 Å². The van der Waals surface area contributed by atoms with Gasteiger partial charge in [0.05, 0.1) is 6.54 Å². The Kier molecular flexibility index (Phi) is 6.12. The summed E-state index contributed by atoms with van der Waals surface area (Å²) in [6, 6.07) is 19.4. The Morgan fingerprint density at radius 1 is 0.889 bits per heavy atom. The van der Waals surface area contributed by atoms with Crippen LogP contribution in [-0.2, 0) is 6.54 Å². The predicted molar refractivity (Wildman–Crippen MR) is 76.2 cm³/mol. The van der Waals surface area contributed by atoms with Gasteiger partial charge in [0.15, 0.2) is 5.78 Å². The van der Waals surface area contributed by atoms with Crippen LogP contribution in [0, 0.1) is 0 Å².